The van der Waals surface area contributed by atoms with Gasteiger partial charge in [-0.15, -0.1) is 13.2 Å². The molecule has 0 radical (unpaired) electrons. The molecule has 0 bridgehead atoms. The van der Waals surface area contributed by atoms with Crippen molar-refractivity contribution in [2.45, 2.75) is 13.8 Å². The Morgan fingerprint density at radius 3 is 2.35 bits per heavy atom. The average molecular weight is 228 g/mol. The maximum Gasteiger partial charge on any atom is 0.137 e. The first kappa shape index (κ1) is 14.7. The van der Waals surface area contributed by atoms with Gasteiger partial charge in [-0.2, -0.15) is 10.5 Å². The number of ether oxygens (including phenoxy) is 1. The van der Waals surface area contributed by atoms with Crippen molar-refractivity contribution in [3.05, 3.63) is 42.5 Å². The third-order valence-electron chi connectivity index (χ3n) is 1.80. The Labute approximate surface area is 103 Å². The first-order chi connectivity index (χ1) is 8.17. The van der Waals surface area contributed by atoms with E-state index >= 15 is 0 Å². The molecule has 17 heavy (non-hydrogen) atoms. The highest BCUT2D eigenvalue weighted by Gasteiger charge is 2.05. The van der Waals surface area contributed by atoms with Crippen LogP contribution in [0.2, 0.25) is 0 Å². The Balaban J connectivity index is 0.00000121. The smallest absolute Gasteiger partial charge is 0.137 e. The predicted octanol–water partition coefficient (Wildman–Crippen LogP) is 3.27. The Hall–Kier alpha value is -2.26. The van der Waals surface area contributed by atoms with E-state index in [0.29, 0.717) is 29.4 Å². The number of hydrogen-bond acceptors (Lipinski definition) is 3. The van der Waals surface area contributed by atoms with Gasteiger partial charge in [-0.1, -0.05) is 13.8 Å². The van der Waals surface area contributed by atoms with E-state index in [2.05, 4.69) is 13.2 Å². The van der Waals surface area contributed by atoms with Gasteiger partial charge in [0.15, 0.2) is 0 Å². The van der Waals surface area contributed by atoms with Crippen LogP contribution in [0, 0.1) is 28.6 Å². The zero-order chi connectivity index (χ0) is 13.3. The number of nitriles is 2. The number of rotatable bonds is 3. The topological polar surface area (TPSA) is 56.8 Å². The van der Waals surface area contributed by atoms with Gasteiger partial charge in [0.25, 0.3) is 0 Å². The summed E-state index contributed by atoms with van der Waals surface area (Å²) in [5.74, 6) is 0.956. The summed E-state index contributed by atoms with van der Waals surface area (Å²) >= 11 is 0. The van der Waals surface area contributed by atoms with Crippen molar-refractivity contribution in [3.8, 4) is 17.9 Å². The minimum Gasteiger partial charge on any atom is -0.492 e. The van der Waals surface area contributed by atoms with E-state index in [4.69, 9.17) is 15.3 Å². The molecule has 1 rings (SSSR count). The van der Waals surface area contributed by atoms with Gasteiger partial charge in [0.1, 0.15) is 11.8 Å². The molecule has 0 atom stereocenters. The van der Waals surface area contributed by atoms with Crippen LogP contribution in [0.15, 0.2) is 31.4 Å². The third-order valence-corrected chi connectivity index (χ3v) is 1.80. The van der Waals surface area contributed by atoms with Crippen LogP contribution in [0.1, 0.15) is 25.0 Å². The van der Waals surface area contributed by atoms with Gasteiger partial charge >= 0.3 is 0 Å². The van der Waals surface area contributed by atoms with Crippen LogP contribution in [0.3, 0.4) is 0 Å². The van der Waals surface area contributed by atoms with E-state index < -0.39 is 0 Å². The van der Waals surface area contributed by atoms with Crippen LogP contribution in [0.5, 0.6) is 5.75 Å². The van der Waals surface area contributed by atoms with Gasteiger partial charge in [0.2, 0.25) is 0 Å². The van der Waals surface area contributed by atoms with Crippen molar-refractivity contribution < 1.29 is 4.74 Å². The lowest BCUT2D eigenvalue weighted by atomic mass is 10.1. The van der Waals surface area contributed by atoms with Crippen molar-refractivity contribution in [3.63, 3.8) is 0 Å². The molecule has 0 saturated carbocycles. The fourth-order valence-electron chi connectivity index (χ4n) is 1.07. The molecule has 1 aromatic rings. The molecule has 0 aliphatic carbocycles. The fourth-order valence-corrected chi connectivity index (χ4v) is 1.07. The van der Waals surface area contributed by atoms with Crippen LogP contribution in [0.4, 0.5) is 0 Å². The highest BCUT2D eigenvalue weighted by Crippen LogP contribution is 2.19. The van der Waals surface area contributed by atoms with E-state index in [0.717, 1.165) is 0 Å². The van der Waals surface area contributed by atoms with Crippen molar-refractivity contribution in [2.24, 2.45) is 5.92 Å². The zero-order valence-corrected chi connectivity index (χ0v) is 10.2. The van der Waals surface area contributed by atoms with E-state index in [1.54, 1.807) is 12.1 Å². The maximum atomic E-state index is 8.86. The second-order valence-electron chi connectivity index (χ2n) is 3.64. The molecule has 0 amide bonds. The predicted molar refractivity (Wildman–Crippen MR) is 67.5 cm³/mol. The molecule has 0 unspecified atom stereocenters. The molecule has 3 nitrogen and oxygen atoms in total. The largest absolute Gasteiger partial charge is 0.492 e. The molecule has 0 heterocycles. The highest BCUT2D eigenvalue weighted by molar-refractivity contribution is 5.48. The van der Waals surface area contributed by atoms with Crippen molar-refractivity contribution in [1.82, 2.24) is 0 Å². The Bertz CT molecular complexity index is 439. The van der Waals surface area contributed by atoms with Gasteiger partial charge in [-0.3, -0.25) is 0 Å². The molecular weight excluding hydrogens is 212 g/mol. The average Bonchev–Trinajstić information content (AvgIpc) is 2.38. The molecule has 1 aromatic carbocycles. The first-order valence-corrected chi connectivity index (χ1v) is 5.24. The van der Waals surface area contributed by atoms with E-state index in [1.807, 2.05) is 26.0 Å². The standard InChI is InChI=1S/C12H12N2O.C2H4/c1-9(2)8-15-12-4-3-10(6-13)5-11(12)7-14;1-2/h3-5,9H,8H2,1-2H3;1-2H2. The number of nitrogens with zero attached hydrogens (tertiary/aromatic N) is 2. The Morgan fingerprint density at radius 1 is 1.24 bits per heavy atom. The minimum absolute atomic E-state index is 0.409. The highest BCUT2D eigenvalue weighted by atomic mass is 16.5. The second kappa shape index (κ2) is 7.96. The van der Waals surface area contributed by atoms with Crippen LogP contribution in [-0.4, -0.2) is 6.61 Å². The summed E-state index contributed by atoms with van der Waals surface area (Å²) in [7, 11) is 0. The number of benzene rings is 1. The molecule has 0 saturated heterocycles. The minimum atomic E-state index is 0.409. The van der Waals surface area contributed by atoms with Crippen LogP contribution >= 0.6 is 0 Å². The van der Waals surface area contributed by atoms with Crippen molar-refractivity contribution >= 4 is 0 Å². The molecule has 0 N–H and O–H groups in total. The molecule has 0 aliphatic rings. The summed E-state index contributed by atoms with van der Waals surface area (Å²) < 4.78 is 5.46. The van der Waals surface area contributed by atoms with Gasteiger partial charge in [-0.25, -0.2) is 0 Å². The van der Waals surface area contributed by atoms with Crippen LogP contribution in [-0.2, 0) is 0 Å². The summed E-state index contributed by atoms with van der Waals surface area (Å²) in [5, 5.41) is 17.5. The Kier molecular flexibility index (Phi) is 6.90. The summed E-state index contributed by atoms with van der Waals surface area (Å²) in [4.78, 5) is 0. The normalized spacial score (nSPS) is 8.53. The van der Waals surface area contributed by atoms with Gasteiger partial charge in [0, 0.05) is 0 Å². The van der Waals surface area contributed by atoms with Gasteiger partial charge < -0.3 is 4.74 Å². The number of hydrogen-bond donors (Lipinski definition) is 0. The lowest BCUT2D eigenvalue weighted by Gasteiger charge is -2.09. The molecule has 3 heteroatoms. The third kappa shape index (κ3) is 4.86. The van der Waals surface area contributed by atoms with E-state index in [1.165, 1.54) is 6.07 Å². The summed E-state index contributed by atoms with van der Waals surface area (Å²) in [6.45, 7) is 10.6. The molecule has 0 aromatic heterocycles. The zero-order valence-electron chi connectivity index (χ0n) is 10.2. The molecule has 0 aliphatic heterocycles. The summed E-state index contributed by atoms with van der Waals surface area (Å²) in [6.07, 6.45) is 0. The molecule has 88 valence electrons. The summed E-state index contributed by atoms with van der Waals surface area (Å²) in [6, 6.07) is 8.86. The van der Waals surface area contributed by atoms with E-state index in [-0.39, 0.29) is 0 Å². The van der Waals surface area contributed by atoms with Crippen LogP contribution < -0.4 is 4.74 Å². The molecular formula is C14H16N2O. The maximum absolute atomic E-state index is 8.86. The van der Waals surface area contributed by atoms with Gasteiger partial charge in [0.05, 0.1) is 23.8 Å². The first-order valence-electron chi connectivity index (χ1n) is 5.24. The lowest BCUT2D eigenvalue weighted by Crippen LogP contribution is -2.05. The molecule has 0 fully saturated rings. The summed E-state index contributed by atoms with van der Waals surface area (Å²) in [5.41, 5.74) is 0.887. The monoisotopic (exact) mass is 228 g/mol. The second-order valence-corrected chi connectivity index (χ2v) is 3.64. The fraction of sp³-hybridized carbons (Fsp3) is 0.286. The van der Waals surface area contributed by atoms with Crippen LogP contribution in [0.25, 0.3) is 0 Å². The Morgan fingerprint density at radius 2 is 1.88 bits per heavy atom. The van der Waals surface area contributed by atoms with E-state index in [9.17, 15) is 0 Å². The molecule has 0 spiro atoms. The SMILES string of the molecule is C=C.CC(C)COc1ccc(C#N)cc1C#N. The lowest BCUT2D eigenvalue weighted by molar-refractivity contribution is 0.270. The quantitative estimate of drug-likeness (QED) is 0.746. The van der Waals surface area contributed by atoms with Gasteiger partial charge in [-0.05, 0) is 24.1 Å². The van der Waals surface area contributed by atoms with Crippen molar-refractivity contribution in [2.75, 3.05) is 6.61 Å². The van der Waals surface area contributed by atoms with Crippen molar-refractivity contribution in [1.29, 1.82) is 10.5 Å².